The smallest absolute Gasteiger partial charge is 0.257 e. The van der Waals surface area contributed by atoms with E-state index in [1.807, 2.05) is 0 Å². The van der Waals surface area contributed by atoms with Gasteiger partial charge >= 0.3 is 0 Å². The predicted octanol–water partition coefficient (Wildman–Crippen LogP) is 3.25. The molecular formula is C24H37N3O4. The minimum Gasteiger partial charge on any atom is -0.491 e. The van der Waals surface area contributed by atoms with E-state index >= 15 is 0 Å². The number of likely N-dealkylation sites (N-methyl/N-ethyl adjacent to an activating group) is 1. The molecule has 1 N–H and O–H groups in total. The lowest BCUT2D eigenvalue weighted by molar-refractivity contribution is -0.115. The van der Waals surface area contributed by atoms with E-state index in [2.05, 4.69) is 24.1 Å². The molecule has 1 aliphatic heterocycles. The number of hydrogen-bond acceptors (Lipinski definition) is 5. The molecule has 1 saturated carbocycles. The van der Waals surface area contributed by atoms with E-state index in [4.69, 9.17) is 9.47 Å². The van der Waals surface area contributed by atoms with Crippen molar-refractivity contribution in [3.63, 3.8) is 0 Å². The highest BCUT2D eigenvalue weighted by Crippen LogP contribution is 2.32. The monoisotopic (exact) mass is 431 g/mol. The number of benzene rings is 1. The summed E-state index contributed by atoms with van der Waals surface area (Å²) in [6, 6.07) is 5.46. The molecule has 0 unspecified atom stereocenters. The van der Waals surface area contributed by atoms with E-state index in [-0.39, 0.29) is 29.9 Å². The highest BCUT2D eigenvalue weighted by Gasteiger charge is 2.31. The van der Waals surface area contributed by atoms with Crippen LogP contribution < -0.4 is 10.1 Å². The molecule has 0 aromatic heterocycles. The zero-order valence-electron chi connectivity index (χ0n) is 19.5. The summed E-state index contributed by atoms with van der Waals surface area (Å²) in [6.45, 7) is 9.14. The third-order valence-corrected chi connectivity index (χ3v) is 6.37. The Morgan fingerprint density at radius 3 is 2.65 bits per heavy atom. The maximum absolute atomic E-state index is 13.2. The van der Waals surface area contributed by atoms with Gasteiger partial charge in [-0.2, -0.15) is 0 Å². The van der Waals surface area contributed by atoms with Gasteiger partial charge in [0, 0.05) is 58.0 Å². The highest BCUT2D eigenvalue weighted by molar-refractivity contribution is 5.98. The van der Waals surface area contributed by atoms with Crippen LogP contribution in [0.25, 0.3) is 0 Å². The third kappa shape index (κ3) is 6.20. The molecule has 7 heteroatoms. The van der Waals surface area contributed by atoms with Crippen LogP contribution >= 0.6 is 0 Å². The number of fused-ring (bicyclic) bond motifs is 1. The summed E-state index contributed by atoms with van der Waals surface area (Å²) in [6.07, 6.45) is 2.94. The molecule has 1 fully saturated rings. The Kier molecular flexibility index (Phi) is 7.94. The number of rotatable bonds is 5. The van der Waals surface area contributed by atoms with E-state index in [0.29, 0.717) is 36.6 Å². The van der Waals surface area contributed by atoms with Gasteiger partial charge < -0.3 is 19.7 Å². The van der Waals surface area contributed by atoms with Crippen molar-refractivity contribution >= 4 is 17.5 Å². The van der Waals surface area contributed by atoms with E-state index in [1.165, 1.54) is 12.8 Å². The zero-order valence-corrected chi connectivity index (χ0v) is 19.5. The van der Waals surface area contributed by atoms with Crippen LogP contribution in [0.5, 0.6) is 5.75 Å². The minimum atomic E-state index is -0.110. The summed E-state index contributed by atoms with van der Waals surface area (Å²) in [5.41, 5.74) is 1.14. The Labute approximate surface area is 186 Å². The molecule has 3 atom stereocenters. The summed E-state index contributed by atoms with van der Waals surface area (Å²) >= 11 is 0. The molecule has 172 valence electrons. The number of methoxy groups -OCH3 is 1. The largest absolute Gasteiger partial charge is 0.491 e. The van der Waals surface area contributed by atoms with Crippen LogP contribution in [0.4, 0.5) is 5.69 Å². The van der Waals surface area contributed by atoms with Crippen LogP contribution in [0.15, 0.2) is 18.2 Å². The summed E-state index contributed by atoms with van der Waals surface area (Å²) in [5.74, 6) is 1.38. The summed E-state index contributed by atoms with van der Waals surface area (Å²) in [7, 11) is 3.52. The van der Waals surface area contributed by atoms with Gasteiger partial charge in [-0.15, -0.1) is 0 Å². The average Bonchev–Trinajstić information content (AvgIpc) is 3.58. The van der Waals surface area contributed by atoms with Crippen LogP contribution in [-0.4, -0.2) is 74.2 Å². The van der Waals surface area contributed by atoms with Gasteiger partial charge in [-0.1, -0.05) is 13.8 Å². The number of amides is 2. The van der Waals surface area contributed by atoms with Gasteiger partial charge in [0.05, 0.1) is 11.7 Å². The molecule has 2 aliphatic rings. The van der Waals surface area contributed by atoms with Crippen molar-refractivity contribution in [3.8, 4) is 5.75 Å². The quantitative estimate of drug-likeness (QED) is 0.775. The van der Waals surface area contributed by atoms with Gasteiger partial charge in [0.1, 0.15) is 12.4 Å². The van der Waals surface area contributed by atoms with Gasteiger partial charge in [-0.25, -0.2) is 0 Å². The third-order valence-electron chi connectivity index (χ3n) is 6.37. The van der Waals surface area contributed by atoms with E-state index in [9.17, 15) is 9.59 Å². The van der Waals surface area contributed by atoms with Crippen LogP contribution in [0.2, 0.25) is 0 Å². The van der Waals surface area contributed by atoms with Crippen molar-refractivity contribution in [2.75, 3.05) is 45.7 Å². The number of nitrogens with zero attached hydrogens (tertiary/aromatic N) is 2. The normalized spacial score (nSPS) is 25.8. The van der Waals surface area contributed by atoms with Crippen LogP contribution in [0.1, 0.15) is 50.4 Å². The van der Waals surface area contributed by atoms with Crippen molar-refractivity contribution in [2.24, 2.45) is 11.8 Å². The lowest BCUT2D eigenvalue weighted by Gasteiger charge is -2.36. The van der Waals surface area contributed by atoms with E-state index in [0.717, 1.165) is 19.0 Å². The van der Waals surface area contributed by atoms with Crippen molar-refractivity contribution in [1.29, 1.82) is 0 Å². The molecule has 1 aromatic carbocycles. The first-order chi connectivity index (χ1) is 14.8. The standard InChI is InChI=1S/C24H37N3O4/c1-6-23(28)25-19-9-10-20-21(11-19)31-15-17(3)27(13-18-7-8-18)12-16(2)22(30-5)14-26(4)24(20)29/h9-11,16-18,22H,6-8,12-15H2,1-5H3,(H,25,28)/t16-,17-,22-/m0/s1. The molecule has 0 saturated heterocycles. The lowest BCUT2D eigenvalue weighted by Crippen LogP contribution is -2.47. The fourth-order valence-corrected chi connectivity index (χ4v) is 4.06. The molecule has 2 amide bonds. The van der Waals surface area contributed by atoms with E-state index in [1.54, 1.807) is 44.2 Å². The number of carbonyl (C=O) groups is 2. The zero-order chi connectivity index (χ0) is 22.5. The first-order valence-electron chi connectivity index (χ1n) is 11.4. The van der Waals surface area contributed by atoms with Crippen LogP contribution in [0, 0.1) is 11.8 Å². The molecule has 0 spiro atoms. The number of ether oxygens (including phenoxy) is 2. The highest BCUT2D eigenvalue weighted by atomic mass is 16.5. The molecule has 31 heavy (non-hydrogen) atoms. The molecule has 1 aliphatic carbocycles. The molecule has 1 heterocycles. The van der Waals surface area contributed by atoms with Crippen LogP contribution in [0.3, 0.4) is 0 Å². The van der Waals surface area contributed by atoms with Crippen molar-refractivity contribution in [2.45, 2.75) is 52.2 Å². The lowest BCUT2D eigenvalue weighted by atomic mass is 10.0. The molecule has 7 nitrogen and oxygen atoms in total. The Balaban J connectivity index is 1.90. The Hall–Kier alpha value is -2.12. The first-order valence-corrected chi connectivity index (χ1v) is 11.4. The second-order valence-corrected chi connectivity index (χ2v) is 9.11. The molecule has 1 aromatic rings. The predicted molar refractivity (Wildman–Crippen MR) is 122 cm³/mol. The van der Waals surface area contributed by atoms with Crippen LogP contribution in [-0.2, 0) is 9.53 Å². The molecule has 0 radical (unpaired) electrons. The minimum absolute atomic E-state index is 0.0465. The van der Waals surface area contributed by atoms with Gasteiger partial charge in [0.25, 0.3) is 5.91 Å². The maximum Gasteiger partial charge on any atom is 0.257 e. The van der Waals surface area contributed by atoms with Crippen molar-refractivity contribution in [1.82, 2.24) is 9.80 Å². The van der Waals surface area contributed by atoms with Gasteiger partial charge in [0.2, 0.25) is 5.91 Å². The summed E-state index contributed by atoms with van der Waals surface area (Å²) in [4.78, 5) is 29.2. The first kappa shape index (κ1) is 23.5. The molecule has 3 rings (SSSR count). The number of carbonyl (C=O) groups excluding carboxylic acids is 2. The van der Waals surface area contributed by atoms with Gasteiger partial charge in [-0.05, 0) is 43.7 Å². The number of anilines is 1. The summed E-state index contributed by atoms with van der Waals surface area (Å²) < 4.78 is 12.0. The Morgan fingerprint density at radius 1 is 1.26 bits per heavy atom. The molecule has 0 bridgehead atoms. The van der Waals surface area contributed by atoms with E-state index < -0.39 is 0 Å². The van der Waals surface area contributed by atoms with Crippen molar-refractivity contribution < 1.29 is 19.1 Å². The second kappa shape index (κ2) is 10.5. The number of nitrogens with one attached hydrogen (secondary N) is 1. The topological polar surface area (TPSA) is 71.1 Å². The Bertz CT molecular complexity index is 780. The van der Waals surface area contributed by atoms with Crippen molar-refractivity contribution in [3.05, 3.63) is 23.8 Å². The SMILES string of the molecule is CCC(=O)Nc1ccc2c(c1)OC[C@H](C)N(CC1CC1)C[C@H](C)[C@@H](OC)CN(C)C2=O. The maximum atomic E-state index is 13.2. The fraction of sp³-hybridized carbons (Fsp3) is 0.667. The molecular weight excluding hydrogens is 394 g/mol. The van der Waals surface area contributed by atoms with Gasteiger partial charge in [0.15, 0.2) is 0 Å². The second-order valence-electron chi connectivity index (χ2n) is 9.11. The fourth-order valence-electron chi connectivity index (χ4n) is 4.06. The van der Waals surface area contributed by atoms with Gasteiger partial charge in [-0.3, -0.25) is 14.5 Å². The Morgan fingerprint density at radius 2 is 2.00 bits per heavy atom. The summed E-state index contributed by atoms with van der Waals surface area (Å²) in [5, 5.41) is 2.86. The average molecular weight is 432 g/mol. The number of hydrogen-bond donors (Lipinski definition) is 1.